The standard InChI is InChI=1S/C12H14BrFN2O2/c13-9-1-2-10(14)11(5-9)15-12(18)16-4-3-8(6-16)7-17/h1-2,5,8,17H,3-4,6-7H2,(H,15,18). The summed E-state index contributed by atoms with van der Waals surface area (Å²) in [6.07, 6.45) is 0.783. The first kappa shape index (κ1) is 13.3. The lowest BCUT2D eigenvalue weighted by Gasteiger charge is -2.17. The summed E-state index contributed by atoms with van der Waals surface area (Å²) in [5.41, 5.74) is 0.154. The molecule has 98 valence electrons. The van der Waals surface area contributed by atoms with Crippen molar-refractivity contribution in [3.05, 3.63) is 28.5 Å². The Hall–Kier alpha value is -1.14. The number of nitrogens with zero attached hydrogens (tertiary/aromatic N) is 1. The molecule has 0 spiro atoms. The van der Waals surface area contributed by atoms with Gasteiger partial charge in [0.05, 0.1) is 5.69 Å². The minimum Gasteiger partial charge on any atom is -0.396 e. The van der Waals surface area contributed by atoms with Gasteiger partial charge in [-0.05, 0) is 24.6 Å². The number of carbonyl (C=O) groups excluding carboxylic acids is 1. The number of carbonyl (C=O) groups is 1. The molecule has 1 unspecified atom stereocenters. The summed E-state index contributed by atoms with van der Waals surface area (Å²) >= 11 is 3.23. The molecule has 18 heavy (non-hydrogen) atoms. The Morgan fingerprint density at radius 2 is 2.39 bits per heavy atom. The summed E-state index contributed by atoms with van der Waals surface area (Å²) in [5, 5.41) is 11.5. The molecule has 1 aromatic carbocycles. The lowest BCUT2D eigenvalue weighted by molar-refractivity contribution is 0.208. The molecule has 2 amide bonds. The number of likely N-dealkylation sites (tertiary alicyclic amines) is 1. The number of rotatable bonds is 2. The van der Waals surface area contributed by atoms with E-state index in [1.54, 1.807) is 11.0 Å². The summed E-state index contributed by atoms with van der Waals surface area (Å²) in [6, 6.07) is 4.05. The number of halogens is 2. The number of aliphatic hydroxyl groups excluding tert-OH is 1. The van der Waals surface area contributed by atoms with Gasteiger partial charge in [0.1, 0.15) is 5.82 Å². The van der Waals surface area contributed by atoms with Crippen molar-refractivity contribution in [1.82, 2.24) is 4.90 Å². The van der Waals surface area contributed by atoms with Crippen LogP contribution in [0, 0.1) is 11.7 Å². The van der Waals surface area contributed by atoms with Crippen molar-refractivity contribution in [1.29, 1.82) is 0 Å². The van der Waals surface area contributed by atoms with Crippen LogP contribution in [0.15, 0.2) is 22.7 Å². The zero-order chi connectivity index (χ0) is 13.1. The van der Waals surface area contributed by atoms with Crippen LogP contribution in [0.4, 0.5) is 14.9 Å². The van der Waals surface area contributed by atoms with Crippen molar-refractivity contribution in [2.45, 2.75) is 6.42 Å². The summed E-state index contributed by atoms with van der Waals surface area (Å²) < 4.78 is 14.2. The van der Waals surface area contributed by atoms with E-state index in [4.69, 9.17) is 5.11 Å². The molecule has 2 N–H and O–H groups in total. The van der Waals surface area contributed by atoms with Gasteiger partial charge in [-0.25, -0.2) is 9.18 Å². The van der Waals surface area contributed by atoms with Gasteiger partial charge in [0.2, 0.25) is 0 Å². The van der Waals surface area contributed by atoms with Gasteiger partial charge in [-0.15, -0.1) is 0 Å². The first-order valence-corrected chi connectivity index (χ1v) is 6.51. The lowest BCUT2D eigenvalue weighted by atomic mass is 10.1. The van der Waals surface area contributed by atoms with Crippen LogP contribution in [-0.2, 0) is 0 Å². The summed E-state index contributed by atoms with van der Waals surface area (Å²) in [4.78, 5) is 13.5. The lowest BCUT2D eigenvalue weighted by Crippen LogP contribution is -2.33. The number of hydrogen-bond acceptors (Lipinski definition) is 2. The third kappa shape index (κ3) is 3.00. The average molecular weight is 317 g/mol. The number of hydrogen-bond donors (Lipinski definition) is 2. The third-order valence-electron chi connectivity index (χ3n) is 3.00. The monoisotopic (exact) mass is 316 g/mol. The van der Waals surface area contributed by atoms with E-state index in [0.29, 0.717) is 17.6 Å². The van der Waals surface area contributed by atoms with Gasteiger partial charge in [0.15, 0.2) is 0 Å². The first-order chi connectivity index (χ1) is 8.60. The molecule has 4 nitrogen and oxygen atoms in total. The first-order valence-electron chi connectivity index (χ1n) is 5.72. The Bertz CT molecular complexity index is 456. The van der Waals surface area contributed by atoms with E-state index in [2.05, 4.69) is 21.2 Å². The molecule has 1 aliphatic rings. The predicted octanol–water partition coefficient (Wildman–Crippen LogP) is 2.43. The Morgan fingerprint density at radius 3 is 3.06 bits per heavy atom. The molecule has 1 saturated heterocycles. The molecule has 1 atom stereocenters. The maximum absolute atomic E-state index is 13.5. The van der Waals surface area contributed by atoms with Crippen LogP contribution in [0.5, 0.6) is 0 Å². The fourth-order valence-corrected chi connectivity index (χ4v) is 2.31. The van der Waals surface area contributed by atoms with Crippen LogP contribution in [-0.4, -0.2) is 35.7 Å². The van der Waals surface area contributed by atoms with Crippen LogP contribution in [0.3, 0.4) is 0 Å². The number of benzene rings is 1. The fourth-order valence-electron chi connectivity index (χ4n) is 1.95. The zero-order valence-corrected chi connectivity index (χ0v) is 11.3. The predicted molar refractivity (Wildman–Crippen MR) is 69.9 cm³/mol. The second-order valence-corrected chi connectivity index (χ2v) is 5.25. The molecular formula is C12H14BrFN2O2. The van der Waals surface area contributed by atoms with E-state index in [1.165, 1.54) is 12.1 Å². The normalized spacial score (nSPS) is 19.1. The third-order valence-corrected chi connectivity index (χ3v) is 3.49. The van der Waals surface area contributed by atoms with Crippen LogP contribution >= 0.6 is 15.9 Å². The second kappa shape index (κ2) is 5.67. The van der Waals surface area contributed by atoms with Crippen molar-refractivity contribution in [2.24, 2.45) is 5.92 Å². The minimum absolute atomic E-state index is 0.0784. The zero-order valence-electron chi connectivity index (χ0n) is 9.70. The van der Waals surface area contributed by atoms with Gasteiger partial charge >= 0.3 is 6.03 Å². The minimum atomic E-state index is -0.468. The van der Waals surface area contributed by atoms with E-state index in [0.717, 1.165) is 6.42 Å². The smallest absolute Gasteiger partial charge is 0.321 e. The van der Waals surface area contributed by atoms with E-state index in [1.807, 2.05) is 0 Å². The summed E-state index contributed by atoms with van der Waals surface area (Å²) in [7, 11) is 0. The van der Waals surface area contributed by atoms with Crippen molar-refractivity contribution in [3.63, 3.8) is 0 Å². The van der Waals surface area contributed by atoms with Crippen molar-refractivity contribution in [2.75, 3.05) is 25.0 Å². The topological polar surface area (TPSA) is 52.6 Å². The largest absolute Gasteiger partial charge is 0.396 e. The highest BCUT2D eigenvalue weighted by molar-refractivity contribution is 9.10. The van der Waals surface area contributed by atoms with Gasteiger partial charge in [-0.2, -0.15) is 0 Å². The maximum Gasteiger partial charge on any atom is 0.321 e. The van der Waals surface area contributed by atoms with Crippen molar-refractivity contribution in [3.8, 4) is 0 Å². The van der Waals surface area contributed by atoms with E-state index in [9.17, 15) is 9.18 Å². The molecular weight excluding hydrogens is 303 g/mol. The van der Waals surface area contributed by atoms with Crippen LogP contribution in [0.1, 0.15) is 6.42 Å². The van der Waals surface area contributed by atoms with E-state index in [-0.39, 0.29) is 24.2 Å². The SMILES string of the molecule is O=C(Nc1cc(Br)ccc1F)N1CCC(CO)C1. The molecule has 1 fully saturated rings. The molecule has 2 rings (SSSR count). The van der Waals surface area contributed by atoms with Gasteiger partial charge in [0.25, 0.3) is 0 Å². The molecule has 1 aliphatic heterocycles. The van der Waals surface area contributed by atoms with E-state index < -0.39 is 5.82 Å². The fraction of sp³-hybridized carbons (Fsp3) is 0.417. The highest BCUT2D eigenvalue weighted by Crippen LogP contribution is 2.22. The van der Waals surface area contributed by atoms with Gasteiger partial charge in [0, 0.05) is 30.1 Å². The number of urea groups is 1. The summed E-state index contributed by atoms with van der Waals surface area (Å²) in [6.45, 7) is 1.18. The highest BCUT2D eigenvalue weighted by Gasteiger charge is 2.26. The van der Waals surface area contributed by atoms with E-state index >= 15 is 0 Å². The molecule has 0 aromatic heterocycles. The Labute approximate surface area is 113 Å². The molecule has 0 saturated carbocycles. The van der Waals surface area contributed by atoms with Crippen LogP contribution in [0.25, 0.3) is 0 Å². The second-order valence-electron chi connectivity index (χ2n) is 4.34. The Morgan fingerprint density at radius 1 is 1.61 bits per heavy atom. The van der Waals surface area contributed by atoms with Crippen LogP contribution in [0.2, 0.25) is 0 Å². The van der Waals surface area contributed by atoms with Gasteiger partial charge in [-0.1, -0.05) is 15.9 Å². The average Bonchev–Trinajstić information content (AvgIpc) is 2.82. The molecule has 1 aromatic rings. The molecule has 1 heterocycles. The Kier molecular flexibility index (Phi) is 4.19. The Balaban J connectivity index is 2.01. The number of nitrogens with one attached hydrogen (secondary N) is 1. The van der Waals surface area contributed by atoms with Crippen LogP contribution < -0.4 is 5.32 Å². The summed E-state index contributed by atoms with van der Waals surface area (Å²) in [5.74, 6) is -0.340. The van der Waals surface area contributed by atoms with Gasteiger partial charge in [-0.3, -0.25) is 0 Å². The van der Waals surface area contributed by atoms with Crippen molar-refractivity contribution >= 4 is 27.6 Å². The number of amides is 2. The molecule has 6 heteroatoms. The quantitative estimate of drug-likeness (QED) is 0.880. The maximum atomic E-state index is 13.5. The molecule has 0 bridgehead atoms. The number of anilines is 1. The van der Waals surface area contributed by atoms with Gasteiger partial charge < -0.3 is 15.3 Å². The molecule has 0 aliphatic carbocycles. The highest BCUT2D eigenvalue weighted by atomic mass is 79.9. The van der Waals surface area contributed by atoms with Crippen molar-refractivity contribution < 1.29 is 14.3 Å². The molecule has 0 radical (unpaired) electrons. The number of aliphatic hydroxyl groups is 1.